The lowest BCUT2D eigenvalue weighted by Gasteiger charge is -2.05. The van der Waals surface area contributed by atoms with Gasteiger partial charge >= 0.3 is 0 Å². The number of imidazole rings is 1. The molecule has 2 nitrogen and oxygen atoms in total. The molecular formula is C17H14N2. The molecule has 0 bridgehead atoms. The van der Waals surface area contributed by atoms with Crippen LogP contribution in [0.3, 0.4) is 0 Å². The number of benzene rings is 2. The summed E-state index contributed by atoms with van der Waals surface area (Å²) in [5, 5.41) is 0. The first-order chi connectivity index (χ1) is 9.43. The first-order valence-corrected chi connectivity index (χ1v) is 6.52. The van der Waals surface area contributed by atoms with Crippen LogP contribution >= 0.6 is 0 Å². The van der Waals surface area contributed by atoms with Gasteiger partial charge in [-0.15, -0.1) is 0 Å². The number of nitrogens with zero attached hydrogens (tertiary/aromatic N) is 2. The predicted octanol–water partition coefficient (Wildman–Crippen LogP) is 3.94. The minimum Gasteiger partial charge on any atom is -0.321 e. The Kier molecular flexibility index (Phi) is 2.21. The van der Waals surface area contributed by atoms with Crippen molar-refractivity contribution in [2.75, 3.05) is 0 Å². The molecule has 0 saturated carbocycles. The molecule has 0 fully saturated rings. The summed E-state index contributed by atoms with van der Waals surface area (Å²) in [4.78, 5) is 0. The van der Waals surface area contributed by atoms with Gasteiger partial charge in [-0.05, 0) is 29.8 Å². The summed E-state index contributed by atoms with van der Waals surface area (Å²) >= 11 is 0. The van der Waals surface area contributed by atoms with Crippen molar-refractivity contribution in [2.45, 2.75) is 6.54 Å². The molecule has 0 amide bonds. The summed E-state index contributed by atoms with van der Waals surface area (Å²) < 4.78 is 4.61. The molecule has 0 atom stereocenters. The predicted molar refractivity (Wildman–Crippen MR) is 78.4 cm³/mol. The van der Waals surface area contributed by atoms with E-state index < -0.39 is 0 Å². The van der Waals surface area contributed by atoms with Gasteiger partial charge in [0.15, 0.2) is 0 Å². The number of aromatic nitrogens is 2. The van der Waals surface area contributed by atoms with Crippen molar-refractivity contribution in [3.8, 4) is 0 Å². The van der Waals surface area contributed by atoms with Crippen LogP contribution in [0.5, 0.6) is 0 Å². The van der Waals surface area contributed by atoms with Crippen molar-refractivity contribution in [3.05, 3.63) is 78.5 Å². The number of fused-ring (bicyclic) bond motifs is 3. The molecule has 19 heavy (non-hydrogen) atoms. The molecule has 0 unspecified atom stereocenters. The van der Waals surface area contributed by atoms with Crippen molar-refractivity contribution < 1.29 is 0 Å². The second-order valence-electron chi connectivity index (χ2n) is 4.80. The fourth-order valence-electron chi connectivity index (χ4n) is 2.75. The first kappa shape index (κ1) is 10.4. The van der Waals surface area contributed by atoms with E-state index in [9.17, 15) is 0 Å². The largest absolute Gasteiger partial charge is 0.321 e. The van der Waals surface area contributed by atoms with Crippen LogP contribution in [-0.4, -0.2) is 8.97 Å². The third-order valence-corrected chi connectivity index (χ3v) is 3.62. The van der Waals surface area contributed by atoms with Crippen LogP contribution in [0.1, 0.15) is 5.56 Å². The van der Waals surface area contributed by atoms with Gasteiger partial charge in [0.2, 0.25) is 0 Å². The van der Waals surface area contributed by atoms with Crippen LogP contribution in [0.2, 0.25) is 0 Å². The standard InChI is InChI=1S/C17H14N2/c1-2-7-14(8-3-1)13-19-16-10-5-4-9-15(16)18-12-6-11-17(18)19/h1-12H,13H2. The van der Waals surface area contributed by atoms with E-state index in [1.807, 2.05) is 0 Å². The number of hydrogen-bond donors (Lipinski definition) is 0. The zero-order chi connectivity index (χ0) is 12.7. The Hall–Kier alpha value is -2.48. The molecular weight excluding hydrogens is 232 g/mol. The molecule has 0 radical (unpaired) electrons. The highest BCUT2D eigenvalue weighted by atomic mass is 15.1. The smallest absolute Gasteiger partial charge is 0.118 e. The van der Waals surface area contributed by atoms with Crippen molar-refractivity contribution >= 4 is 16.7 Å². The highest BCUT2D eigenvalue weighted by Crippen LogP contribution is 2.22. The van der Waals surface area contributed by atoms with E-state index in [-0.39, 0.29) is 0 Å². The third kappa shape index (κ3) is 1.57. The Balaban J connectivity index is 1.98. The average molecular weight is 246 g/mol. The minimum atomic E-state index is 0.905. The molecule has 4 aromatic rings. The molecule has 4 rings (SSSR count). The summed E-state index contributed by atoms with van der Waals surface area (Å²) in [6.45, 7) is 0.905. The zero-order valence-electron chi connectivity index (χ0n) is 10.5. The van der Waals surface area contributed by atoms with Gasteiger partial charge in [-0.25, -0.2) is 0 Å². The molecule has 2 heterocycles. The molecule has 0 N–H and O–H groups in total. The highest BCUT2D eigenvalue weighted by molar-refractivity contribution is 5.82. The zero-order valence-corrected chi connectivity index (χ0v) is 10.5. The molecule has 0 spiro atoms. The third-order valence-electron chi connectivity index (χ3n) is 3.62. The average Bonchev–Trinajstić information content (AvgIpc) is 3.04. The topological polar surface area (TPSA) is 9.34 Å². The van der Waals surface area contributed by atoms with Gasteiger partial charge in [-0.3, -0.25) is 0 Å². The molecule has 2 aromatic carbocycles. The summed E-state index contributed by atoms with van der Waals surface area (Å²) in [7, 11) is 0. The van der Waals surface area contributed by atoms with Gasteiger partial charge in [0, 0.05) is 12.7 Å². The van der Waals surface area contributed by atoms with Crippen LogP contribution in [0, 0.1) is 0 Å². The summed E-state index contributed by atoms with van der Waals surface area (Å²) in [5.74, 6) is 0. The molecule has 0 aliphatic heterocycles. The monoisotopic (exact) mass is 246 g/mol. The van der Waals surface area contributed by atoms with Gasteiger partial charge in [-0.2, -0.15) is 0 Å². The maximum Gasteiger partial charge on any atom is 0.118 e. The van der Waals surface area contributed by atoms with Crippen molar-refractivity contribution in [1.29, 1.82) is 0 Å². The highest BCUT2D eigenvalue weighted by Gasteiger charge is 2.09. The summed E-state index contributed by atoms with van der Waals surface area (Å²) in [6, 6.07) is 23.4. The van der Waals surface area contributed by atoms with Crippen LogP contribution < -0.4 is 0 Å². The molecule has 2 heteroatoms. The second kappa shape index (κ2) is 4.02. The second-order valence-corrected chi connectivity index (χ2v) is 4.80. The Labute approximate surface area is 111 Å². The van der Waals surface area contributed by atoms with Crippen molar-refractivity contribution in [3.63, 3.8) is 0 Å². The van der Waals surface area contributed by atoms with E-state index in [4.69, 9.17) is 0 Å². The lowest BCUT2D eigenvalue weighted by atomic mass is 10.2. The van der Waals surface area contributed by atoms with Crippen LogP contribution in [0.15, 0.2) is 72.9 Å². The summed E-state index contributed by atoms with van der Waals surface area (Å²) in [6.07, 6.45) is 2.12. The number of hydrogen-bond acceptors (Lipinski definition) is 0. The van der Waals surface area contributed by atoms with E-state index in [2.05, 4.69) is 81.9 Å². The van der Waals surface area contributed by atoms with Crippen molar-refractivity contribution in [2.24, 2.45) is 0 Å². The van der Waals surface area contributed by atoms with Gasteiger partial charge in [-0.1, -0.05) is 42.5 Å². The Morgan fingerprint density at radius 1 is 0.684 bits per heavy atom. The molecule has 92 valence electrons. The normalized spacial score (nSPS) is 11.4. The van der Waals surface area contributed by atoms with Gasteiger partial charge in [0.25, 0.3) is 0 Å². The first-order valence-electron chi connectivity index (χ1n) is 6.52. The SMILES string of the molecule is c1ccc(Cn2c3ccccc3n3cccc23)cc1. The molecule has 0 aliphatic rings. The number of para-hydroxylation sites is 2. The van der Waals surface area contributed by atoms with Crippen LogP contribution in [-0.2, 0) is 6.54 Å². The quantitative estimate of drug-likeness (QED) is 0.507. The fourth-order valence-corrected chi connectivity index (χ4v) is 2.75. The fraction of sp³-hybridized carbons (Fsp3) is 0.0588. The van der Waals surface area contributed by atoms with Crippen LogP contribution in [0.25, 0.3) is 16.7 Å². The van der Waals surface area contributed by atoms with E-state index in [1.165, 1.54) is 22.2 Å². The van der Waals surface area contributed by atoms with Crippen molar-refractivity contribution in [1.82, 2.24) is 8.97 Å². The van der Waals surface area contributed by atoms with Gasteiger partial charge in [0.1, 0.15) is 5.65 Å². The Morgan fingerprint density at radius 2 is 1.42 bits per heavy atom. The Morgan fingerprint density at radius 3 is 2.26 bits per heavy atom. The van der Waals surface area contributed by atoms with Gasteiger partial charge < -0.3 is 8.97 Å². The van der Waals surface area contributed by atoms with Crippen LogP contribution in [0.4, 0.5) is 0 Å². The maximum atomic E-state index is 2.37. The maximum absolute atomic E-state index is 2.37. The van der Waals surface area contributed by atoms with E-state index in [1.54, 1.807) is 0 Å². The minimum absolute atomic E-state index is 0.905. The van der Waals surface area contributed by atoms with E-state index in [0.29, 0.717) is 0 Å². The Bertz CT molecular complexity index is 837. The van der Waals surface area contributed by atoms with E-state index >= 15 is 0 Å². The van der Waals surface area contributed by atoms with E-state index in [0.717, 1.165) is 6.54 Å². The lowest BCUT2D eigenvalue weighted by molar-refractivity contribution is 0.858. The van der Waals surface area contributed by atoms with Gasteiger partial charge in [0.05, 0.1) is 11.0 Å². The molecule has 0 aliphatic carbocycles. The molecule has 2 aromatic heterocycles. The molecule has 0 saturated heterocycles. The lowest BCUT2D eigenvalue weighted by Crippen LogP contribution is -1.98. The number of rotatable bonds is 2. The summed E-state index contributed by atoms with van der Waals surface area (Å²) in [5.41, 5.74) is 5.11.